The smallest absolute Gasteiger partial charge is 0.320 e. The van der Waals surface area contributed by atoms with Crippen LogP contribution in [0.4, 0.5) is 0 Å². The Labute approximate surface area is 169 Å². The second-order valence-corrected chi connectivity index (χ2v) is 7.63. The quantitative estimate of drug-likeness (QED) is 0.512. The van der Waals surface area contributed by atoms with E-state index in [0.717, 1.165) is 16.5 Å². The molecule has 0 aliphatic rings. The fourth-order valence-electron chi connectivity index (χ4n) is 3.64. The van der Waals surface area contributed by atoms with Crippen LogP contribution in [0.1, 0.15) is 31.9 Å². The number of benzene rings is 2. The molecule has 0 bridgehead atoms. The van der Waals surface area contributed by atoms with Gasteiger partial charge in [-0.1, -0.05) is 56.3 Å². The maximum Gasteiger partial charge on any atom is 0.320 e. The summed E-state index contributed by atoms with van der Waals surface area (Å²) in [6.07, 6.45) is 2.36. The van der Waals surface area contributed by atoms with Crippen molar-refractivity contribution < 1.29 is 19.8 Å². The summed E-state index contributed by atoms with van der Waals surface area (Å²) < 4.78 is 1.89. The minimum Gasteiger partial charge on any atom is -0.481 e. The Morgan fingerprint density at radius 2 is 1.62 bits per heavy atom. The summed E-state index contributed by atoms with van der Waals surface area (Å²) >= 11 is 0. The molecule has 0 fully saturated rings. The molecule has 2 unspecified atom stereocenters. The van der Waals surface area contributed by atoms with Gasteiger partial charge in [-0.2, -0.15) is 0 Å². The van der Waals surface area contributed by atoms with Crippen LogP contribution in [0, 0.1) is 5.92 Å². The van der Waals surface area contributed by atoms with E-state index < -0.39 is 23.9 Å². The van der Waals surface area contributed by atoms with Crippen LogP contribution in [0.25, 0.3) is 16.5 Å². The van der Waals surface area contributed by atoms with E-state index in [-0.39, 0.29) is 12.5 Å². The van der Waals surface area contributed by atoms with Crippen molar-refractivity contribution in [2.75, 3.05) is 6.54 Å². The van der Waals surface area contributed by atoms with E-state index in [1.54, 1.807) is 0 Å². The molecule has 0 spiro atoms. The number of rotatable bonds is 9. The third-order valence-electron chi connectivity index (χ3n) is 5.00. The third kappa shape index (κ3) is 4.66. The normalized spacial score (nSPS) is 13.5. The molecule has 3 aromatic rings. The Kier molecular flexibility index (Phi) is 6.34. The molecule has 6 nitrogen and oxygen atoms in total. The summed E-state index contributed by atoms with van der Waals surface area (Å²) in [5.74, 6) is -2.68. The Balaban J connectivity index is 2.03. The first-order chi connectivity index (χ1) is 13.9. The molecule has 3 rings (SSSR count). The van der Waals surface area contributed by atoms with Crippen molar-refractivity contribution in [2.24, 2.45) is 5.92 Å². The zero-order chi connectivity index (χ0) is 21.0. The van der Waals surface area contributed by atoms with Crippen LogP contribution in [0.2, 0.25) is 0 Å². The lowest BCUT2D eigenvalue weighted by Crippen LogP contribution is -2.41. The van der Waals surface area contributed by atoms with Crippen molar-refractivity contribution >= 4 is 22.7 Å². The van der Waals surface area contributed by atoms with Gasteiger partial charge in [0.1, 0.15) is 12.0 Å². The number of para-hydroxylation sites is 1. The number of aliphatic carboxylic acids is 2. The van der Waals surface area contributed by atoms with E-state index in [4.69, 9.17) is 0 Å². The van der Waals surface area contributed by atoms with Crippen molar-refractivity contribution in [3.05, 3.63) is 66.5 Å². The molecule has 0 amide bonds. The van der Waals surface area contributed by atoms with Crippen molar-refractivity contribution in [1.29, 1.82) is 0 Å². The second kappa shape index (κ2) is 8.92. The van der Waals surface area contributed by atoms with Gasteiger partial charge in [-0.3, -0.25) is 9.59 Å². The van der Waals surface area contributed by atoms with E-state index >= 15 is 0 Å². The number of nitrogens with zero attached hydrogens (tertiary/aromatic N) is 1. The number of hydrogen-bond acceptors (Lipinski definition) is 3. The van der Waals surface area contributed by atoms with Gasteiger partial charge in [-0.15, -0.1) is 0 Å². The number of fused-ring (bicyclic) bond motifs is 1. The van der Waals surface area contributed by atoms with E-state index in [1.165, 1.54) is 0 Å². The summed E-state index contributed by atoms with van der Waals surface area (Å²) in [5, 5.41) is 24.3. The van der Waals surface area contributed by atoms with Crippen LogP contribution < -0.4 is 5.32 Å². The maximum atomic E-state index is 12.2. The zero-order valence-electron chi connectivity index (χ0n) is 16.6. The molecule has 1 heterocycles. The van der Waals surface area contributed by atoms with Crippen molar-refractivity contribution in [2.45, 2.75) is 32.2 Å². The number of carboxylic acid groups (broad SMARTS) is 2. The molecule has 1 aromatic heterocycles. The topological polar surface area (TPSA) is 91.6 Å². The first kappa shape index (κ1) is 20.6. The van der Waals surface area contributed by atoms with Gasteiger partial charge in [0.25, 0.3) is 0 Å². The summed E-state index contributed by atoms with van der Waals surface area (Å²) in [6.45, 7) is 3.92. The highest BCUT2D eigenvalue weighted by atomic mass is 16.4. The Bertz CT molecular complexity index is 995. The second-order valence-electron chi connectivity index (χ2n) is 7.63. The van der Waals surface area contributed by atoms with Crippen LogP contribution >= 0.6 is 0 Å². The molecule has 0 saturated heterocycles. The summed E-state index contributed by atoms with van der Waals surface area (Å²) in [5.41, 5.74) is 1.50. The third-order valence-corrected chi connectivity index (χ3v) is 5.00. The van der Waals surface area contributed by atoms with E-state index in [2.05, 4.69) is 5.32 Å². The molecule has 152 valence electrons. The highest BCUT2D eigenvalue weighted by Gasteiger charge is 2.29. The summed E-state index contributed by atoms with van der Waals surface area (Å²) in [6, 6.07) is 16.4. The average molecular weight is 394 g/mol. The van der Waals surface area contributed by atoms with Gasteiger partial charge in [-0.25, -0.2) is 0 Å². The molecule has 2 aromatic carbocycles. The van der Waals surface area contributed by atoms with Crippen LogP contribution in [-0.2, 0) is 9.59 Å². The van der Waals surface area contributed by atoms with E-state index in [0.29, 0.717) is 12.1 Å². The standard InChI is InChI=1S/C23H26N2O4/c1-15(2)12-20(23(28)29)24-13-19(22(26)27)21-18-11-7-6-8-16(18)14-25(21)17-9-4-3-5-10-17/h3-11,14-15,19-20,24H,12-13H2,1-2H3,(H,26,27)(H,28,29). The first-order valence-corrected chi connectivity index (χ1v) is 9.73. The first-order valence-electron chi connectivity index (χ1n) is 9.73. The Morgan fingerprint density at radius 1 is 0.966 bits per heavy atom. The van der Waals surface area contributed by atoms with Crippen molar-refractivity contribution in [1.82, 2.24) is 9.88 Å². The lowest BCUT2D eigenvalue weighted by atomic mass is 9.99. The van der Waals surface area contributed by atoms with Gasteiger partial charge < -0.3 is 20.1 Å². The van der Waals surface area contributed by atoms with Crippen LogP contribution in [-0.4, -0.2) is 39.3 Å². The van der Waals surface area contributed by atoms with Crippen LogP contribution in [0.5, 0.6) is 0 Å². The lowest BCUT2D eigenvalue weighted by Gasteiger charge is -2.21. The number of carboxylic acids is 2. The van der Waals surface area contributed by atoms with Crippen LogP contribution in [0.15, 0.2) is 60.8 Å². The molecule has 2 atom stereocenters. The predicted molar refractivity (Wildman–Crippen MR) is 113 cm³/mol. The molecule has 29 heavy (non-hydrogen) atoms. The van der Waals surface area contributed by atoms with E-state index in [1.807, 2.05) is 79.2 Å². The number of aromatic nitrogens is 1. The zero-order valence-corrected chi connectivity index (χ0v) is 16.6. The maximum absolute atomic E-state index is 12.2. The molecule has 0 saturated carbocycles. The SMILES string of the molecule is CC(C)CC(NCC(C(=O)O)c1c2ccccc2cn1-c1ccccc1)C(=O)O. The largest absolute Gasteiger partial charge is 0.481 e. The molecule has 0 aliphatic carbocycles. The number of nitrogens with one attached hydrogen (secondary N) is 1. The Morgan fingerprint density at radius 3 is 2.24 bits per heavy atom. The molecule has 6 heteroatoms. The minimum absolute atomic E-state index is 0.0276. The van der Waals surface area contributed by atoms with Crippen LogP contribution in [0.3, 0.4) is 0 Å². The number of hydrogen-bond donors (Lipinski definition) is 3. The fourth-order valence-corrected chi connectivity index (χ4v) is 3.64. The van der Waals surface area contributed by atoms with Gasteiger partial charge in [-0.05, 0) is 24.5 Å². The predicted octanol–water partition coefficient (Wildman–Crippen LogP) is 3.89. The highest BCUT2D eigenvalue weighted by Crippen LogP contribution is 2.31. The van der Waals surface area contributed by atoms with E-state index in [9.17, 15) is 19.8 Å². The van der Waals surface area contributed by atoms with Gasteiger partial charge >= 0.3 is 11.9 Å². The Hall–Kier alpha value is -3.12. The lowest BCUT2D eigenvalue weighted by molar-refractivity contribution is -0.142. The molecule has 0 aliphatic heterocycles. The fraction of sp³-hybridized carbons (Fsp3) is 0.304. The van der Waals surface area contributed by atoms with Crippen molar-refractivity contribution in [3.63, 3.8) is 0 Å². The van der Waals surface area contributed by atoms with Gasteiger partial charge in [0.05, 0.1) is 0 Å². The average Bonchev–Trinajstić information content (AvgIpc) is 3.07. The van der Waals surface area contributed by atoms with Gasteiger partial charge in [0.2, 0.25) is 0 Å². The minimum atomic E-state index is -0.993. The monoisotopic (exact) mass is 394 g/mol. The molecular formula is C23H26N2O4. The summed E-state index contributed by atoms with van der Waals surface area (Å²) in [4.78, 5) is 23.8. The highest BCUT2D eigenvalue weighted by molar-refractivity contribution is 5.91. The van der Waals surface area contributed by atoms with Crippen molar-refractivity contribution in [3.8, 4) is 5.69 Å². The van der Waals surface area contributed by atoms with Gasteiger partial charge in [0.15, 0.2) is 0 Å². The summed E-state index contributed by atoms with van der Waals surface area (Å²) in [7, 11) is 0. The molecular weight excluding hydrogens is 368 g/mol. The van der Waals surface area contributed by atoms with Gasteiger partial charge in [0, 0.05) is 34.9 Å². The molecule has 0 radical (unpaired) electrons. The number of carbonyl (C=O) groups is 2. The molecule has 3 N–H and O–H groups in total.